The van der Waals surface area contributed by atoms with Crippen LogP contribution in [0, 0.1) is 0 Å². The summed E-state index contributed by atoms with van der Waals surface area (Å²) in [6.45, 7) is 3.27. The first kappa shape index (κ1) is 17.3. The van der Waals surface area contributed by atoms with E-state index in [0.29, 0.717) is 31.1 Å². The third-order valence-electron chi connectivity index (χ3n) is 2.39. The zero-order valence-electron chi connectivity index (χ0n) is 12.1. The van der Waals surface area contributed by atoms with Gasteiger partial charge in [-0.25, -0.2) is 0 Å². The molecule has 21 heavy (non-hydrogen) atoms. The molecule has 0 saturated carbocycles. The van der Waals surface area contributed by atoms with E-state index in [1.54, 1.807) is 12.1 Å². The van der Waals surface area contributed by atoms with Gasteiger partial charge >= 0.3 is 0 Å². The summed E-state index contributed by atoms with van der Waals surface area (Å²) in [6, 6.07) is 7.25. The van der Waals surface area contributed by atoms with Crippen LogP contribution >= 0.6 is 11.8 Å². The molecule has 0 atom stereocenters. The molecule has 6 nitrogen and oxygen atoms in total. The van der Waals surface area contributed by atoms with Crippen molar-refractivity contribution in [3.8, 4) is 5.75 Å². The van der Waals surface area contributed by atoms with Gasteiger partial charge in [0.05, 0.1) is 23.8 Å². The summed E-state index contributed by atoms with van der Waals surface area (Å²) in [6.07, 6.45) is 0. The van der Waals surface area contributed by atoms with Gasteiger partial charge in [-0.2, -0.15) is 0 Å². The highest BCUT2D eigenvalue weighted by atomic mass is 32.2. The summed E-state index contributed by atoms with van der Waals surface area (Å²) in [5.74, 6) is 0.794. The van der Waals surface area contributed by atoms with E-state index in [1.165, 1.54) is 11.8 Å². The number of hydrogen-bond donors (Lipinski definition) is 3. The smallest absolute Gasteiger partial charge is 0.234 e. The Morgan fingerprint density at radius 3 is 2.67 bits per heavy atom. The summed E-state index contributed by atoms with van der Waals surface area (Å²) in [7, 11) is 0. The largest absolute Gasteiger partial charge is 0.492 e. The molecular weight excluding hydrogens is 290 g/mol. The fraction of sp³-hybridized carbons (Fsp3) is 0.429. The second kappa shape index (κ2) is 10.1. The van der Waals surface area contributed by atoms with Crippen molar-refractivity contribution in [2.75, 3.05) is 36.5 Å². The minimum atomic E-state index is -0.168. The molecule has 0 unspecified atom stereocenters. The first-order valence-electron chi connectivity index (χ1n) is 6.73. The molecule has 0 fully saturated rings. The first-order valence-corrected chi connectivity index (χ1v) is 7.89. The predicted molar refractivity (Wildman–Crippen MR) is 85.6 cm³/mol. The number of nitrogens with two attached hydrogens (primary N) is 1. The van der Waals surface area contributed by atoms with Crippen LogP contribution in [0.5, 0.6) is 5.75 Å². The summed E-state index contributed by atoms with van der Waals surface area (Å²) < 4.78 is 5.43. The Kier molecular flexibility index (Phi) is 8.30. The number of carbonyl (C=O) groups is 2. The Bertz CT molecular complexity index is 469. The maximum atomic E-state index is 11.8. The van der Waals surface area contributed by atoms with E-state index in [-0.39, 0.29) is 23.3 Å². The zero-order chi connectivity index (χ0) is 15.5. The lowest BCUT2D eigenvalue weighted by Crippen LogP contribution is -2.30. The van der Waals surface area contributed by atoms with Crippen molar-refractivity contribution in [3.05, 3.63) is 24.3 Å². The number of hydrogen-bond acceptors (Lipinski definition) is 5. The number of carbonyl (C=O) groups excluding carboxylic acids is 2. The Balaban J connectivity index is 2.35. The Morgan fingerprint density at radius 2 is 1.95 bits per heavy atom. The van der Waals surface area contributed by atoms with Crippen molar-refractivity contribution in [1.82, 2.24) is 5.32 Å². The number of ether oxygens (including phenoxy) is 1. The van der Waals surface area contributed by atoms with Crippen molar-refractivity contribution < 1.29 is 14.3 Å². The van der Waals surface area contributed by atoms with Crippen LogP contribution in [0.2, 0.25) is 0 Å². The van der Waals surface area contributed by atoms with Crippen LogP contribution in [0.15, 0.2) is 24.3 Å². The van der Waals surface area contributed by atoms with Gasteiger partial charge in [0.1, 0.15) is 5.75 Å². The quantitative estimate of drug-likeness (QED) is 0.628. The van der Waals surface area contributed by atoms with Crippen molar-refractivity contribution in [2.45, 2.75) is 6.92 Å². The molecule has 1 aromatic carbocycles. The minimum Gasteiger partial charge on any atom is -0.492 e. The van der Waals surface area contributed by atoms with Gasteiger partial charge in [0, 0.05) is 13.1 Å². The van der Waals surface area contributed by atoms with Crippen molar-refractivity contribution in [1.29, 1.82) is 0 Å². The van der Waals surface area contributed by atoms with Crippen molar-refractivity contribution in [3.63, 3.8) is 0 Å². The van der Waals surface area contributed by atoms with Gasteiger partial charge in [0.15, 0.2) is 0 Å². The topological polar surface area (TPSA) is 93.4 Å². The highest BCUT2D eigenvalue weighted by molar-refractivity contribution is 8.00. The Hall–Kier alpha value is -1.73. The highest BCUT2D eigenvalue weighted by Gasteiger charge is 2.08. The average Bonchev–Trinajstić information content (AvgIpc) is 2.47. The molecule has 0 radical (unpaired) electrons. The number of benzene rings is 1. The van der Waals surface area contributed by atoms with Crippen molar-refractivity contribution >= 4 is 29.3 Å². The lowest BCUT2D eigenvalue weighted by molar-refractivity contribution is -0.118. The minimum absolute atomic E-state index is 0.118. The van der Waals surface area contributed by atoms with Gasteiger partial charge in [-0.15, -0.1) is 11.8 Å². The molecule has 4 N–H and O–H groups in total. The van der Waals surface area contributed by atoms with Crippen molar-refractivity contribution in [2.24, 2.45) is 5.73 Å². The fourth-order valence-corrected chi connectivity index (χ4v) is 2.18. The van der Waals surface area contributed by atoms with E-state index in [9.17, 15) is 9.59 Å². The molecule has 1 aromatic rings. The summed E-state index contributed by atoms with van der Waals surface area (Å²) >= 11 is 1.25. The van der Waals surface area contributed by atoms with E-state index in [2.05, 4.69) is 10.6 Å². The third-order valence-corrected chi connectivity index (χ3v) is 3.33. The van der Waals surface area contributed by atoms with Crippen LogP contribution in [-0.4, -0.2) is 43.0 Å². The zero-order valence-corrected chi connectivity index (χ0v) is 12.9. The number of para-hydroxylation sites is 2. The Labute approximate surface area is 128 Å². The molecule has 116 valence electrons. The molecule has 0 aliphatic rings. The monoisotopic (exact) mass is 311 g/mol. The van der Waals surface area contributed by atoms with Gasteiger partial charge in [-0.3, -0.25) is 9.59 Å². The first-order chi connectivity index (χ1) is 10.2. The molecule has 0 aromatic heterocycles. The third kappa shape index (κ3) is 7.01. The fourth-order valence-electron chi connectivity index (χ4n) is 1.54. The second-order valence-electron chi connectivity index (χ2n) is 4.11. The van der Waals surface area contributed by atoms with Gasteiger partial charge in [-0.1, -0.05) is 12.1 Å². The van der Waals surface area contributed by atoms with Crippen LogP contribution in [0.1, 0.15) is 6.92 Å². The number of nitrogens with one attached hydrogen (secondary N) is 2. The second-order valence-corrected chi connectivity index (χ2v) is 5.09. The molecule has 0 aliphatic carbocycles. The van der Waals surface area contributed by atoms with Gasteiger partial charge in [0.25, 0.3) is 0 Å². The number of rotatable bonds is 9. The normalized spacial score (nSPS) is 10.0. The molecule has 0 aliphatic heterocycles. The van der Waals surface area contributed by atoms with E-state index in [1.807, 2.05) is 19.1 Å². The van der Waals surface area contributed by atoms with Gasteiger partial charge in [0.2, 0.25) is 11.8 Å². The lowest BCUT2D eigenvalue weighted by Gasteiger charge is -2.11. The molecule has 0 bridgehead atoms. The summed E-state index contributed by atoms with van der Waals surface area (Å²) in [4.78, 5) is 23.2. The highest BCUT2D eigenvalue weighted by Crippen LogP contribution is 2.23. The Morgan fingerprint density at radius 1 is 1.24 bits per heavy atom. The van der Waals surface area contributed by atoms with E-state index in [0.717, 1.165) is 0 Å². The number of amides is 2. The van der Waals surface area contributed by atoms with Crippen LogP contribution in [0.3, 0.4) is 0 Å². The molecule has 1 rings (SSSR count). The van der Waals surface area contributed by atoms with Gasteiger partial charge < -0.3 is 21.1 Å². The molecule has 7 heteroatoms. The van der Waals surface area contributed by atoms with Crippen LogP contribution in [0.25, 0.3) is 0 Å². The predicted octanol–water partition coefficient (Wildman–Crippen LogP) is 0.832. The molecule has 2 amide bonds. The van der Waals surface area contributed by atoms with Gasteiger partial charge in [-0.05, 0) is 19.1 Å². The SMILES string of the molecule is CCOc1ccccc1NC(=O)CSCC(=O)NCCN. The van der Waals surface area contributed by atoms with E-state index >= 15 is 0 Å². The van der Waals surface area contributed by atoms with E-state index in [4.69, 9.17) is 10.5 Å². The standard InChI is InChI=1S/C14H21N3O3S/c1-2-20-12-6-4-3-5-11(12)17-14(19)10-21-9-13(18)16-8-7-15/h3-6H,2,7-10,15H2,1H3,(H,16,18)(H,17,19). The van der Waals surface area contributed by atoms with Crippen LogP contribution in [0.4, 0.5) is 5.69 Å². The molecule has 0 saturated heterocycles. The number of anilines is 1. The average molecular weight is 311 g/mol. The molecule has 0 heterocycles. The summed E-state index contributed by atoms with van der Waals surface area (Å²) in [5, 5.41) is 5.42. The van der Waals surface area contributed by atoms with E-state index < -0.39 is 0 Å². The van der Waals surface area contributed by atoms with Crippen LogP contribution in [-0.2, 0) is 9.59 Å². The lowest BCUT2D eigenvalue weighted by atomic mass is 10.3. The summed E-state index contributed by atoms with van der Waals surface area (Å²) in [5.41, 5.74) is 5.92. The molecular formula is C14H21N3O3S. The maximum Gasteiger partial charge on any atom is 0.234 e. The van der Waals surface area contributed by atoms with Crippen LogP contribution < -0.4 is 21.1 Å². The maximum absolute atomic E-state index is 11.8. The number of thioether (sulfide) groups is 1. The molecule has 0 spiro atoms.